The van der Waals surface area contributed by atoms with Crippen molar-refractivity contribution in [1.82, 2.24) is 19.6 Å². The van der Waals surface area contributed by atoms with E-state index in [1.807, 2.05) is 24.3 Å². The zero-order valence-corrected chi connectivity index (χ0v) is 18.9. The number of nitrogens with one attached hydrogen (secondary N) is 2. The van der Waals surface area contributed by atoms with Crippen LogP contribution in [0, 0.1) is 0 Å². The van der Waals surface area contributed by atoms with Crippen molar-refractivity contribution in [2.24, 2.45) is 0 Å². The van der Waals surface area contributed by atoms with Crippen molar-refractivity contribution >= 4 is 52.3 Å². The van der Waals surface area contributed by atoms with Gasteiger partial charge in [0.25, 0.3) is 5.56 Å². The van der Waals surface area contributed by atoms with Gasteiger partial charge in [-0.1, -0.05) is 30.3 Å². The van der Waals surface area contributed by atoms with Gasteiger partial charge < -0.3 is 15.0 Å². The molecular weight excluding hydrogens is 435 g/mol. The first-order valence-electron chi connectivity index (χ1n) is 10.4. The second kappa shape index (κ2) is 10.5. The van der Waals surface area contributed by atoms with E-state index in [4.69, 9.17) is 4.74 Å². The number of aromatic nitrogens is 2. The van der Waals surface area contributed by atoms with Crippen molar-refractivity contribution < 1.29 is 4.74 Å². The Morgan fingerprint density at radius 1 is 0.903 bits per heavy atom. The fraction of sp³-hybridized carbons (Fsp3) is 0.348. The number of nitrogens with zero attached hydrogens (tertiary/aromatic N) is 2. The summed E-state index contributed by atoms with van der Waals surface area (Å²) >= 11 is 0. The van der Waals surface area contributed by atoms with Gasteiger partial charge in [0.05, 0.1) is 29.6 Å². The molecule has 8 heteroatoms. The lowest BCUT2D eigenvalue weighted by Crippen LogP contribution is -2.40. The van der Waals surface area contributed by atoms with Gasteiger partial charge in [-0.3, -0.25) is 14.1 Å². The fourth-order valence-electron chi connectivity index (χ4n) is 4.38. The van der Waals surface area contributed by atoms with Crippen LogP contribution in [0.5, 0.6) is 0 Å². The number of H-pyrrole nitrogens is 1. The van der Waals surface area contributed by atoms with E-state index in [2.05, 4.69) is 43.9 Å². The van der Waals surface area contributed by atoms with Gasteiger partial charge in [-0.15, -0.1) is 24.8 Å². The molecule has 0 amide bonds. The van der Waals surface area contributed by atoms with E-state index < -0.39 is 0 Å². The number of aromatic amines is 1. The van der Waals surface area contributed by atoms with Crippen LogP contribution in [0.3, 0.4) is 0 Å². The molecule has 0 bridgehead atoms. The van der Waals surface area contributed by atoms with Gasteiger partial charge >= 0.3 is 0 Å². The van der Waals surface area contributed by atoms with Crippen molar-refractivity contribution in [1.29, 1.82) is 0 Å². The topological polar surface area (TPSA) is 61.8 Å². The molecule has 3 heterocycles. The Labute approximate surface area is 193 Å². The van der Waals surface area contributed by atoms with Crippen LogP contribution >= 0.6 is 24.8 Å². The number of morpholine rings is 1. The average molecular weight is 463 g/mol. The van der Waals surface area contributed by atoms with Crippen molar-refractivity contribution in [3.63, 3.8) is 0 Å². The molecule has 2 N–H and O–H groups in total. The van der Waals surface area contributed by atoms with E-state index in [0.717, 1.165) is 74.4 Å². The van der Waals surface area contributed by atoms with Gasteiger partial charge in [0.1, 0.15) is 5.65 Å². The van der Waals surface area contributed by atoms with Gasteiger partial charge in [-0.25, -0.2) is 0 Å². The Morgan fingerprint density at radius 2 is 1.55 bits per heavy atom. The third-order valence-electron chi connectivity index (χ3n) is 5.86. The number of hydrogen-bond acceptors (Lipinski definition) is 4. The minimum Gasteiger partial charge on any atom is -0.379 e. The first-order chi connectivity index (χ1) is 14.3. The first kappa shape index (κ1) is 23.6. The van der Waals surface area contributed by atoms with Crippen LogP contribution < -0.4 is 10.9 Å². The molecule has 6 nitrogen and oxygen atoms in total. The molecule has 166 valence electrons. The molecular formula is C23H28Cl2N4O2. The van der Waals surface area contributed by atoms with E-state index in [1.54, 1.807) is 0 Å². The maximum Gasteiger partial charge on any atom is 0.258 e. The lowest BCUT2D eigenvalue weighted by Gasteiger charge is -2.26. The summed E-state index contributed by atoms with van der Waals surface area (Å²) in [6.07, 6.45) is 0.869. The molecule has 31 heavy (non-hydrogen) atoms. The van der Waals surface area contributed by atoms with E-state index in [9.17, 15) is 4.79 Å². The van der Waals surface area contributed by atoms with Crippen molar-refractivity contribution in [2.45, 2.75) is 6.42 Å². The van der Waals surface area contributed by atoms with Gasteiger partial charge in [0.15, 0.2) is 0 Å². The zero-order valence-electron chi connectivity index (χ0n) is 17.3. The monoisotopic (exact) mass is 462 g/mol. The highest BCUT2D eigenvalue weighted by Gasteiger charge is 2.15. The highest BCUT2D eigenvalue weighted by Crippen LogP contribution is 2.28. The second-order valence-electron chi connectivity index (χ2n) is 7.61. The third kappa shape index (κ3) is 4.59. The van der Waals surface area contributed by atoms with Gasteiger partial charge in [-0.05, 0) is 31.2 Å². The Morgan fingerprint density at radius 3 is 2.29 bits per heavy atom. The van der Waals surface area contributed by atoms with Crippen LogP contribution in [0.1, 0.15) is 5.56 Å². The fourth-order valence-corrected chi connectivity index (χ4v) is 4.38. The molecule has 0 unspecified atom stereocenters. The van der Waals surface area contributed by atoms with Crippen LogP contribution in [-0.4, -0.2) is 60.2 Å². The number of halogens is 2. The molecule has 5 rings (SSSR count). The number of hydrogen-bond donors (Lipinski definition) is 2. The number of rotatable bonds is 6. The van der Waals surface area contributed by atoms with E-state index in [0.29, 0.717) is 0 Å². The van der Waals surface area contributed by atoms with Crippen LogP contribution in [0.2, 0.25) is 0 Å². The minimum atomic E-state index is -0.0302. The molecule has 1 fully saturated rings. The standard InChI is InChI=1S/C23H26N4O2.2ClH/c28-23-19-6-2-4-8-21(19)27-20-7-3-1-5-17(20)18(22(27)25-23)9-10-24-11-12-26-13-15-29-16-14-26;;/h1-8,24H,9-16H2,(H,25,28);2*1H. The quantitative estimate of drug-likeness (QED) is 0.431. The summed E-state index contributed by atoms with van der Waals surface area (Å²) in [5.74, 6) is 0. The molecule has 2 aromatic carbocycles. The highest BCUT2D eigenvalue weighted by atomic mass is 35.5. The van der Waals surface area contributed by atoms with Crippen LogP contribution in [0.4, 0.5) is 0 Å². The smallest absolute Gasteiger partial charge is 0.258 e. The number of ether oxygens (including phenoxy) is 1. The SMILES string of the molecule is Cl.Cl.O=c1[nH]c2c(CCNCCN3CCOCC3)c3ccccc3n2c2ccccc12. The highest BCUT2D eigenvalue weighted by molar-refractivity contribution is 5.96. The number of fused-ring (bicyclic) bond motifs is 5. The van der Waals surface area contributed by atoms with Crippen molar-refractivity contribution in [2.75, 3.05) is 45.9 Å². The average Bonchev–Trinajstić information content (AvgIpc) is 3.08. The van der Waals surface area contributed by atoms with Crippen LogP contribution in [0.15, 0.2) is 53.3 Å². The molecule has 1 aliphatic rings. The summed E-state index contributed by atoms with van der Waals surface area (Å²) < 4.78 is 7.59. The molecule has 2 aromatic heterocycles. The Kier molecular flexibility index (Phi) is 7.97. The molecule has 1 saturated heterocycles. The van der Waals surface area contributed by atoms with Gasteiger partial charge in [0, 0.05) is 37.1 Å². The molecule has 0 spiro atoms. The summed E-state index contributed by atoms with van der Waals surface area (Å²) in [5, 5.41) is 5.49. The van der Waals surface area contributed by atoms with E-state index in [-0.39, 0.29) is 30.4 Å². The van der Waals surface area contributed by atoms with Crippen LogP contribution in [0.25, 0.3) is 27.5 Å². The maximum atomic E-state index is 12.7. The lowest BCUT2D eigenvalue weighted by molar-refractivity contribution is 0.0385. The van der Waals surface area contributed by atoms with E-state index >= 15 is 0 Å². The summed E-state index contributed by atoms with van der Waals surface area (Å²) in [4.78, 5) is 18.2. The maximum absolute atomic E-state index is 12.7. The minimum absolute atomic E-state index is 0. The summed E-state index contributed by atoms with van der Waals surface area (Å²) in [7, 11) is 0. The van der Waals surface area contributed by atoms with Gasteiger partial charge in [0.2, 0.25) is 0 Å². The third-order valence-corrected chi connectivity index (χ3v) is 5.86. The predicted molar refractivity (Wildman–Crippen MR) is 131 cm³/mol. The number of para-hydroxylation sites is 2. The Bertz CT molecular complexity index is 1210. The van der Waals surface area contributed by atoms with Crippen LogP contribution in [-0.2, 0) is 11.2 Å². The zero-order chi connectivity index (χ0) is 19.6. The Balaban J connectivity index is 0.00000136. The summed E-state index contributed by atoms with van der Waals surface area (Å²) in [6.45, 7) is 6.59. The number of benzene rings is 2. The first-order valence-corrected chi connectivity index (χ1v) is 10.4. The van der Waals surface area contributed by atoms with Gasteiger partial charge in [-0.2, -0.15) is 0 Å². The normalized spacial score (nSPS) is 14.6. The van der Waals surface area contributed by atoms with E-state index in [1.165, 1.54) is 10.9 Å². The Hall–Kier alpha value is -2.09. The molecule has 1 aliphatic heterocycles. The summed E-state index contributed by atoms with van der Waals surface area (Å²) in [5.41, 5.74) is 4.16. The lowest BCUT2D eigenvalue weighted by atomic mass is 10.1. The molecule has 0 atom stereocenters. The van der Waals surface area contributed by atoms with Crippen molar-refractivity contribution in [3.8, 4) is 0 Å². The second-order valence-corrected chi connectivity index (χ2v) is 7.61. The molecule has 4 aromatic rings. The molecule has 0 aliphatic carbocycles. The van der Waals surface area contributed by atoms with Crippen molar-refractivity contribution in [3.05, 3.63) is 64.4 Å². The molecule has 0 saturated carbocycles. The predicted octanol–water partition coefficient (Wildman–Crippen LogP) is 3.24. The largest absolute Gasteiger partial charge is 0.379 e. The molecule has 0 radical (unpaired) electrons. The summed E-state index contributed by atoms with van der Waals surface area (Å²) in [6, 6.07) is 16.2.